The maximum atomic E-state index is 6.50. The fourth-order valence-corrected chi connectivity index (χ4v) is 7.24. The van der Waals surface area contributed by atoms with Crippen LogP contribution in [0.5, 0.6) is 23.0 Å². The number of pyridine rings is 2. The first-order valence-electron chi connectivity index (χ1n) is 17.9. The summed E-state index contributed by atoms with van der Waals surface area (Å²) in [7, 11) is 0. The van der Waals surface area contributed by atoms with Crippen LogP contribution in [-0.4, -0.2) is 16.7 Å². The molecule has 0 fully saturated rings. The van der Waals surface area contributed by atoms with Gasteiger partial charge in [0.2, 0.25) is 6.71 Å². The molecule has 5 aromatic carbocycles. The fraction of sp³-hybridized carbons (Fsp3) is 0.149. The van der Waals surface area contributed by atoms with E-state index in [1.165, 1.54) is 38.9 Å². The average Bonchev–Trinajstić information content (AvgIpc) is 3.16. The van der Waals surface area contributed by atoms with Gasteiger partial charge in [0.25, 0.3) is 0 Å². The van der Waals surface area contributed by atoms with Crippen LogP contribution in [0.3, 0.4) is 0 Å². The van der Waals surface area contributed by atoms with E-state index in [0.29, 0.717) is 5.92 Å². The molecule has 0 spiro atoms. The van der Waals surface area contributed by atoms with Crippen LogP contribution in [0.4, 0.5) is 0 Å². The van der Waals surface area contributed by atoms with E-state index < -0.39 is 0 Å². The normalized spacial score (nSPS) is 11.9. The minimum atomic E-state index is 0. The molecule has 0 unspecified atom stereocenters. The molecule has 0 amide bonds. The van der Waals surface area contributed by atoms with Gasteiger partial charge in [0.05, 0.1) is 0 Å². The molecule has 0 saturated heterocycles. The van der Waals surface area contributed by atoms with Gasteiger partial charge >= 0.3 is 0 Å². The third-order valence-corrected chi connectivity index (χ3v) is 10.2. The predicted octanol–water partition coefficient (Wildman–Crippen LogP) is 9.85. The van der Waals surface area contributed by atoms with Crippen molar-refractivity contribution < 1.29 is 29.6 Å². The first-order chi connectivity index (χ1) is 25.3. The molecule has 6 heteroatoms. The van der Waals surface area contributed by atoms with Gasteiger partial charge in [-0.25, -0.2) is 0 Å². The number of hydrogen-bond acceptors (Lipinski definition) is 4. The molecule has 53 heavy (non-hydrogen) atoms. The number of rotatable bonds is 4. The topological polar surface area (TPSA) is 44.2 Å². The van der Waals surface area contributed by atoms with Crippen molar-refractivity contribution in [2.75, 3.05) is 0 Å². The molecule has 0 saturated carbocycles. The monoisotopic (exact) mass is 867 g/mol. The first-order valence-corrected chi connectivity index (χ1v) is 17.9. The van der Waals surface area contributed by atoms with Crippen LogP contribution in [-0.2, 0) is 20.1 Å². The number of aromatic nitrogens is 2. The van der Waals surface area contributed by atoms with E-state index in [1.54, 1.807) is 0 Å². The summed E-state index contributed by atoms with van der Waals surface area (Å²) >= 11 is 0. The van der Waals surface area contributed by atoms with Crippen molar-refractivity contribution in [2.24, 2.45) is 0 Å². The number of fused-ring (bicyclic) bond motifs is 4. The third kappa shape index (κ3) is 6.86. The van der Waals surface area contributed by atoms with Crippen molar-refractivity contribution in [2.45, 2.75) is 47.5 Å². The third-order valence-electron chi connectivity index (χ3n) is 10.2. The number of aryl methyl sites for hydroxylation is 4. The molecule has 0 atom stereocenters. The molecule has 0 aliphatic carbocycles. The molecule has 9 rings (SSSR count). The quantitative estimate of drug-likeness (QED) is 0.131. The van der Waals surface area contributed by atoms with E-state index in [-0.39, 0.29) is 26.8 Å². The summed E-state index contributed by atoms with van der Waals surface area (Å²) in [4.78, 5) is 9.29. The summed E-state index contributed by atoms with van der Waals surface area (Å²) in [5.41, 5.74) is 15.9. The van der Waals surface area contributed by atoms with Gasteiger partial charge in [0.15, 0.2) is 0 Å². The maximum absolute atomic E-state index is 6.50. The standard InChI is InChI=1S/C27H21BNO2.C20H18N.Ir/c1-16(2)19-14-22(29-15-17(19)3)18-8-6-10-21-27(18)31-25-13-7-12-24-26(25)28(21)20-9-4-5-11-23(20)30-24;1-14-9-10-18(20-11-15(2)16(3)13-21-20)12-19(14)17-7-5-4-6-8-17;/h4-7,9-16H,1-3H3;4-9,11-13H,1-3H3;/q2*-1;. The zero-order chi connectivity index (χ0) is 35.9. The zero-order valence-electron chi connectivity index (χ0n) is 30.7. The Balaban J connectivity index is 0.000000174. The van der Waals surface area contributed by atoms with Crippen molar-refractivity contribution in [1.29, 1.82) is 0 Å². The minimum Gasteiger partial charge on any atom is -0.503 e. The van der Waals surface area contributed by atoms with E-state index in [2.05, 4.69) is 125 Å². The van der Waals surface area contributed by atoms with Gasteiger partial charge < -0.3 is 19.4 Å². The summed E-state index contributed by atoms with van der Waals surface area (Å²) in [5, 5.41) is 0. The molecular weight excluding hydrogens is 828 g/mol. The molecule has 263 valence electrons. The van der Waals surface area contributed by atoms with Crippen LogP contribution in [0.15, 0.2) is 122 Å². The van der Waals surface area contributed by atoms with Crippen LogP contribution in [0, 0.1) is 39.8 Å². The molecule has 0 bridgehead atoms. The largest absolute Gasteiger partial charge is 0.503 e. The van der Waals surface area contributed by atoms with Crippen molar-refractivity contribution in [3.8, 4) is 56.6 Å². The molecule has 4 heterocycles. The van der Waals surface area contributed by atoms with Crippen LogP contribution in [0.25, 0.3) is 33.6 Å². The Labute approximate surface area is 326 Å². The van der Waals surface area contributed by atoms with E-state index in [9.17, 15) is 0 Å². The van der Waals surface area contributed by atoms with Gasteiger partial charge in [-0.15, -0.1) is 53.0 Å². The van der Waals surface area contributed by atoms with Crippen molar-refractivity contribution in [3.05, 3.63) is 162 Å². The van der Waals surface area contributed by atoms with Gasteiger partial charge in [-0.2, -0.15) is 0 Å². The first kappa shape index (κ1) is 36.1. The number of para-hydroxylation sites is 1. The molecule has 2 aromatic heterocycles. The molecule has 0 N–H and O–H groups in total. The number of hydrogen-bond donors (Lipinski definition) is 0. The van der Waals surface area contributed by atoms with Crippen LogP contribution in [0.1, 0.15) is 47.6 Å². The smallest absolute Gasteiger partial charge is 0.241 e. The second-order valence-electron chi connectivity index (χ2n) is 14.0. The number of ether oxygens (including phenoxy) is 2. The molecule has 7 aromatic rings. The molecule has 2 aliphatic heterocycles. The van der Waals surface area contributed by atoms with E-state index in [1.807, 2.05) is 54.9 Å². The Morgan fingerprint density at radius 1 is 0.623 bits per heavy atom. The van der Waals surface area contributed by atoms with Gasteiger partial charge in [0.1, 0.15) is 17.2 Å². The Hall–Kier alpha value is -5.29. The number of nitrogens with zero attached hydrogens (tertiary/aromatic N) is 2. The van der Waals surface area contributed by atoms with E-state index in [0.717, 1.165) is 61.9 Å². The minimum absolute atomic E-state index is 0. The average molecular weight is 867 g/mol. The second-order valence-corrected chi connectivity index (χ2v) is 14.0. The Morgan fingerprint density at radius 2 is 1.32 bits per heavy atom. The fourth-order valence-electron chi connectivity index (χ4n) is 7.24. The summed E-state index contributed by atoms with van der Waals surface area (Å²) in [6.07, 6.45) is 3.89. The Morgan fingerprint density at radius 3 is 2.09 bits per heavy atom. The zero-order valence-corrected chi connectivity index (χ0v) is 33.1. The second kappa shape index (κ2) is 15.0. The maximum Gasteiger partial charge on any atom is 0.241 e. The van der Waals surface area contributed by atoms with Crippen LogP contribution < -0.4 is 25.9 Å². The molecule has 2 aliphatic rings. The molecule has 4 nitrogen and oxygen atoms in total. The van der Waals surface area contributed by atoms with Gasteiger partial charge in [-0.1, -0.05) is 104 Å². The SMILES string of the molecule is Cc1cnc(-c2[c-]cc(C)c(-c3ccccc3)c2)cc1C.Cc1cnc(-c2[c-]ccc3c2Oc2cccc4c2B3c2ccccc2O4)cc1C(C)C.[Ir]. The molecule has 1 radical (unpaired) electrons. The van der Waals surface area contributed by atoms with Gasteiger partial charge in [-0.05, 0) is 84.0 Å². The van der Waals surface area contributed by atoms with Crippen molar-refractivity contribution >= 4 is 23.1 Å². The van der Waals surface area contributed by atoms with Crippen molar-refractivity contribution in [3.63, 3.8) is 0 Å². The summed E-state index contributed by atoms with van der Waals surface area (Å²) in [5.74, 6) is 3.85. The number of benzene rings is 5. The Kier molecular flexibility index (Phi) is 10.2. The molecular formula is C47H39BIrN2O2-2. The van der Waals surface area contributed by atoms with E-state index in [4.69, 9.17) is 14.5 Å². The Bertz CT molecular complexity index is 2460. The summed E-state index contributed by atoms with van der Waals surface area (Å²) in [6, 6.07) is 44.1. The summed E-state index contributed by atoms with van der Waals surface area (Å²) < 4.78 is 12.7. The predicted molar refractivity (Wildman–Crippen MR) is 213 cm³/mol. The van der Waals surface area contributed by atoms with Gasteiger partial charge in [-0.3, -0.25) is 0 Å². The summed E-state index contributed by atoms with van der Waals surface area (Å²) in [6.45, 7) is 12.9. The van der Waals surface area contributed by atoms with Crippen LogP contribution in [0.2, 0.25) is 0 Å². The van der Waals surface area contributed by atoms with E-state index >= 15 is 0 Å². The van der Waals surface area contributed by atoms with Crippen LogP contribution >= 0.6 is 0 Å². The van der Waals surface area contributed by atoms with Crippen molar-refractivity contribution in [1.82, 2.24) is 9.97 Å². The van der Waals surface area contributed by atoms with Gasteiger partial charge in [0, 0.05) is 43.7 Å².